The van der Waals surface area contributed by atoms with Crippen molar-refractivity contribution >= 4 is 28.9 Å². The third kappa shape index (κ3) is 5.90. The van der Waals surface area contributed by atoms with E-state index < -0.39 is 12.1 Å². The molecule has 0 bridgehead atoms. The molecule has 1 fully saturated rings. The molecule has 1 saturated heterocycles. The number of carbonyl (C=O) groups is 2. The van der Waals surface area contributed by atoms with Gasteiger partial charge in [0.05, 0.1) is 0 Å². The second kappa shape index (κ2) is 10.3. The Morgan fingerprint density at radius 2 is 1.89 bits per heavy atom. The summed E-state index contributed by atoms with van der Waals surface area (Å²) in [5.74, 6) is -1.30. The molecule has 8 nitrogen and oxygen atoms in total. The average Bonchev–Trinajstić information content (AvgIpc) is 3.50. The number of thiophene rings is 1. The van der Waals surface area contributed by atoms with Crippen LogP contribution in [0.5, 0.6) is 0 Å². The van der Waals surface area contributed by atoms with Crippen LogP contribution in [-0.2, 0) is 24.3 Å². The standard InChI is InChI=1S/C21H22FN5OS.C2HF3O2/c1-13-5-6-29-18(13)12-26-9-14-7-19-24-25-20(27(19)11-15(14)10-26)21(28)23-17-4-2-3-16(22)8-17;3-2(4,5)1(6)7/h2-6,8,14-15H,7,9-12H2,1H3,(H,23,28);(H,6,7). The molecule has 5 rings (SSSR count). The van der Waals surface area contributed by atoms with Gasteiger partial charge in [-0.1, -0.05) is 6.07 Å². The van der Waals surface area contributed by atoms with Crippen LogP contribution in [0.1, 0.15) is 26.9 Å². The van der Waals surface area contributed by atoms with Gasteiger partial charge in [0, 0.05) is 43.2 Å². The van der Waals surface area contributed by atoms with Gasteiger partial charge in [-0.25, -0.2) is 9.18 Å². The van der Waals surface area contributed by atoms with Crippen LogP contribution in [0.4, 0.5) is 23.2 Å². The summed E-state index contributed by atoms with van der Waals surface area (Å²) in [7, 11) is 0. The van der Waals surface area contributed by atoms with Gasteiger partial charge in [0.25, 0.3) is 5.91 Å². The molecule has 2 aliphatic rings. The van der Waals surface area contributed by atoms with Crippen molar-refractivity contribution in [2.45, 2.75) is 32.6 Å². The van der Waals surface area contributed by atoms with Gasteiger partial charge in [0.2, 0.25) is 5.82 Å². The number of carbonyl (C=O) groups excluding carboxylic acids is 1. The number of anilines is 1. The van der Waals surface area contributed by atoms with Crippen LogP contribution in [0, 0.1) is 24.6 Å². The molecule has 0 radical (unpaired) electrons. The Labute approximate surface area is 207 Å². The largest absolute Gasteiger partial charge is 0.490 e. The van der Waals surface area contributed by atoms with Gasteiger partial charge < -0.3 is 15.0 Å². The lowest BCUT2D eigenvalue weighted by Crippen LogP contribution is -2.31. The minimum atomic E-state index is -5.08. The first-order valence-electron chi connectivity index (χ1n) is 11.1. The Hall–Kier alpha value is -3.32. The van der Waals surface area contributed by atoms with Crippen LogP contribution >= 0.6 is 11.3 Å². The van der Waals surface area contributed by atoms with Crippen LogP contribution in [0.25, 0.3) is 0 Å². The van der Waals surface area contributed by atoms with E-state index in [0.29, 0.717) is 23.3 Å². The number of carboxylic acid groups (broad SMARTS) is 1. The molecule has 2 unspecified atom stereocenters. The third-order valence-corrected chi connectivity index (χ3v) is 7.21. The van der Waals surface area contributed by atoms with Crippen LogP contribution in [0.3, 0.4) is 0 Å². The molecular weight excluding hydrogens is 502 g/mol. The highest BCUT2D eigenvalue weighted by Crippen LogP contribution is 2.34. The fraction of sp³-hybridized carbons (Fsp3) is 0.391. The van der Waals surface area contributed by atoms with E-state index in [1.165, 1.54) is 22.6 Å². The molecule has 0 spiro atoms. The minimum absolute atomic E-state index is 0.301. The fourth-order valence-corrected chi connectivity index (χ4v) is 5.39. The summed E-state index contributed by atoms with van der Waals surface area (Å²) in [5, 5.41) is 20.4. The summed E-state index contributed by atoms with van der Waals surface area (Å²) in [4.78, 5) is 25.5. The lowest BCUT2D eigenvalue weighted by molar-refractivity contribution is -0.192. The number of aliphatic carboxylic acids is 1. The zero-order valence-electron chi connectivity index (χ0n) is 19.1. The lowest BCUT2D eigenvalue weighted by Gasteiger charge is -2.25. The highest BCUT2D eigenvalue weighted by atomic mass is 32.1. The van der Waals surface area contributed by atoms with Crippen molar-refractivity contribution in [1.29, 1.82) is 0 Å². The molecule has 0 aliphatic carbocycles. The number of halogens is 4. The second-order valence-electron chi connectivity index (χ2n) is 8.76. The molecule has 192 valence electrons. The number of benzene rings is 1. The van der Waals surface area contributed by atoms with Crippen molar-refractivity contribution < 1.29 is 32.3 Å². The Kier molecular flexibility index (Phi) is 7.41. The number of nitrogens with one attached hydrogen (secondary N) is 1. The van der Waals surface area contributed by atoms with E-state index in [1.807, 2.05) is 15.9 Å². The predicted molar refractivity (Wildman–Crippen MR) is 123 cm³/mol. The Morgan fingerprint density at radius 3 is 2.53 bits per heavy atom. The van der Waals surface area contributed by atoms with Gasteiger partial charge in [-0.15, -0.1) is 21.5 Å². The molecule has 3 aromatic rings. The summed E-state index contributed by atoms with van der Waals surface area (Å²) in [6.45, 7) is 5.98. The van der Waals surface area contributed by atoms with Crippen molar-refractivity contribution in [3.8, 4) is 0 Å². The number of hydrogen-bond acceptors (Lipinski definition) is 6. The second-order valence-corrected chi connectivity index (χ2v) is 9.76. The van der Waals surface area contributed by atoms with Crippen molar-refractivity contribution in [1.82, 2.24) is 19.7 Å². The van der Waals surface area contributed by atoms with Crippen molar-refractivity contribution in [2.24, 2.45) is 11.8 Å². The van der Waals surface area contributed by atoms with E-state index in [9.17, 15) is 22.4 Å². The van der Waals surface area contributed by atoms with Crippen molar-refractivity contribution in [3.63, 3.8) is 0 Å². The zero-order valence-corrected chi connectivity index (χ0v) is 19.9. The molecule has 36 heavy (non-hydrogen) atoms. The van der Waals surface area contributed by atoms with Crippen LogP contribution in [0.2, 0.25) is 0 Å². The summed E-state index contributed by atoms with van der Waals surface area (Å²) in [6, 6.07) is 8.04. The number of carboxylic acids is 1. The monoisotopic (exact) mass is 525 g/mol. The highest BCUT2D eigenvalue weighted by Gasteiger charge is 2.39. The normalized spacial score (nSPS) is 19.1. The van der Waals surface area contributed by atoms with E-state index in [0.717, 1.165) is 38.4 Å². The van der Waals surface area contributed by atoms with Crippen molar-refractivity contribution in [3.05, 3.63) is 63.6 Å². The third-order valence-electron chi connectivity index (χ3n) is 6.20. The lowest BCUT2D eigenvalue weighted by atomic mass is 9.89. The Balaban J connectivity index is 0.000000384. The van der Waals surface area contributed by atoms with Gasteiger partial charge in [-0.05, 0) is 54.0 Å². The van der Waals surface area contributed by atoms with Gasteiger partial charge in [-0.2, -0.15) is 13.2 Å². The number of fused-ring (bicyclic) bond motifs is 2. The van der Waals surface area contributed by atoms with Gasteiger partial charge >= 0.3 is 12.1 Å². The first kappa shape index (κ1) is 25.8. The minimum Gasteiger partial charge on any atom is -0.475 e. The van der Waals surface area contributed by atoms with Gasteiger partial charge in [0.15, 0.2) is 0 Å². The first-order chi connectivity index (χ1) is 17.0. The summed E-state index contributed by atoms with van der Waals surface area (Å²) < 4.78 is 47.1. The smallest absolute Gasteiger partial charge is 0.475 e. The quantitative estimate of drug-likeness (QED) is 0.500. The van der Waals surface area contributed by atoms with E-state index in [4.69, 9.17) is 9.90 Å². The van der Waals surface area contributed by atoms with Crippen molar-refractivity contribution in [2.75, 3.05) is 18.4 Å². The maximum absolute atomic E-state index is 13.4. The first-order valence-corrected chi connectivity index (χ1v) is 11.9. The molecule has 4 heterocycles. The molecule has 2 atom stereocenters. The molecular formula is C23H23F4N5O3S. The SMILES string of the molecule is Cc1ccsc1CN1CC2Cc3nnc(C(=O)Nc4cccc(F)c4)n3CC2C1.O=C(O)C(F)(F)F. The fourth-order valence-electron chi connectivity index (χ4n) is 4.44. The Bertz CT molecular complexity index is 1260. The number of rotatable bonds is 4. The highest BCUT2D eigenvalue weighted by molar-refractivity contribution is 7.10. The van der Waals surface area contributed by atoms with Crippen LogP contribution < -0.4 is 5.32 Å². The number of aromatic nitrogens is 3. The van der Waals surface area contributed by atoms with E-state index in [1.54, 1.807) is 12.1 Å². The maximum atomic E-state index is 13.4. The van der Waals surface area contributed by atoms with E-state index in [-0.39, 0.29) is 11.7 Å². The number of amides is 1. The number of alkyl halides is 3. The molecule has 13 heteroatoms. The van der Waals surface area contributed by atoms with E-state index in [2.05, 4.69) is 38.8 Å². The van der Waals surface area contributed by atoms with Gasteiger partial charge in [0.1, 0.15) is 11.6 Å². The van der Waals surface area contributed by atoms with Crippen LogP contribution in [0.15, 0.2) is 35.7 Å². The van der Waals surface area contributed by atoms with Crippen LogP contribution in [-0.4, -0.2) is 55.9 Å². The number of aryl methyl sites for hydroxylation is 1. The number of nitrogens with zero attached hydrogens (tertiary/aromatic N) is 4. The number of likely N-dealkylation sites (tertiary alicyclic amines) is 1. The summed E-state index contributed by atoms with van der Waals surface area (Å²) in [6.07, 6.45) is -4.25. The topological polar surface area (TPSA) is 100 Å². The zero-order chi connectivity index (χ0) is 26.0. The summed E-state index contributed by atoms with van der Waals surface area (Å²) in [5.41, 5.74) is 1.78. The van der Waals surface area contributed by atoms with E-state index >= 15 is 0 Å². The number of hydrogen-bond donors (Lipinski definition) is 2. The molecule has 0 saturated carbocycles. The predicted octanol–water partition coefficient (Wildman–Crippen LogP) is 3.98. The Morgan fingerprint density at radius 1 is 1.17 bits per heavy atom. The summed E-state index contributed by atoms with van der Waals surface area (Å²) >= 11 is 1.82. The molecule has 2 aliphatic heterocycles. The van der Waals surface area contributed by atoms with Gasteiger partial charge in [-0.3, -0.25) is 9.69 Å². The molecule has 2 N–H and O–H groups in total. The maximum Gasteiger partial charge on any atom is 0.490 e. The average molecular weight is 526 g/mol. The molecule has 1 aromatic carbocycles. The molecule has 1 amide bonds. The molecule has 2 aromatic heterocycles.